The lowest BCUT2D eigenvalue weighted by Gasteiger charge is -2.22. The summed E-state index contributed by atoms with van der Waals surface area (Å²) in [4.78, 5) is 0. The molecule has 11 rings (SSSR count). The summed E-state index contributed by atoms with van der Waals surface area (Å²) >= 11 is 0. The van der Waals surface area contributed by atoms with Gasteiger partial charge in [-0.1, -0.05) is 218 Å². The molecule has 2 atom stereocenters. The molecule has 296 valence electrons. The van der Waals surface area contributed by atoms with Gasteiger partial charge >= 0.3 is 0 Å². The van der Waals surface area contributed by atoms with Gasteiger partial charge in [0.1, 0.15) is 0 Å². The molecular formula is C62H48. The quantitative estimate of drug-likeness (QED) is 0.147. The van der Waals surface area contributed by atoms with E-state index < -0.39 is 0 Å². The zero-order valence-electron chi connectivity index (χ0n) is 35.1. The Morgan fingerprint density at radius 3 is 1.89 bits per heavy atom. The second-order valence-electron chi connectivity index (χ2n) is 17.1. The number of allylic oxidation sites excluding steroid dienone is 6. The number of aryl methyl sites for hydroxylation is 2. The van der Waals surface area contributed by atoms with Crippen LogP contribution in [0.4, 0.5) is 0 Å². The Morgan fingerprint density at radius 2 is 1.10 bits per heavy atom. The minimum Gasteiger partial charge on any atom is -0.0767 e. The predicted octanol–water partition coefficient (Wildman–Crippen LogP) is 16.0. The van der Waals surface area contributed by atoms with Gasteiger partial charge in [-0.2, -0.15) is 0 Å². The number of hydrogen-bond acceptors (Lipinski definition) is 0. The second kappa shape index (κ2) is 16.3. The second-order valence-corrected chi connectivity index (χ2v) is 17.1. The van der Waals surface area contributed by atoms with Crippen LogP contribution in [-0.4, -0.2) is 0 Å². The molecule has 0 amide bonds. The molecule has 0 bridgehead atoms. The predicted molar refractivity (Wildman–Crippen MR) is 264 cm³/mol. The fraction of sp³-hybridized carbons (Fsp3) is 0.0968. The summed E-state index contributed by atoms with van der Waals surface area (Å²) in [5.74, 6) is 0.310. The molecule has 0 aromatic heterocycles. The van der Waals surface area contributed by atoms with Gasteiger partial charge in [0.15, 0.2) is 0 Å². The van der Waals surface area contributed by atoms with E-state index in [4.69, 9.17) is 0 Å². The molecule has 2 aliphatic rings. The van der Waals surface area contributed by atoms with Crippen molar-refractivity contribution in [3.05, 3.63) is 275 Å². The molecule has 0 saturated heterocycles. The number of fused-ring (bicyclic) bond motifs is 7. The van der Waals surface area contributed by atoms with Gasteiger partial charge in [-0.05, 0) is 137 Å². The molecule has 0 spiro atoms. The van der Waals surface area contributed by atoms with E-state index in [-0.39, 0.29) is 11.8 Å². The van der Waals surface area contributed by atoms with Gasteiger partial charge < -0.3 is 0 Å². The highest BCUT2D eigenvalue weighted by molar-refractivity contribution is 5.93. The maximum absolute atomic E-state index is 2.41. The fourth-order valence-corrected chi connectivity index (χ4v) is 10.3. The number of benzene rings is 9. The molecule has 0 fully saturated rings. The normalized spacial score (nSPS) is 17.4. The fourth-order valence-electron chi connectivity index (χ4n) is 10.3. The zero-order valence-corrected chi connectivity index (χ0v) is 35.1. The van der Waals surface area contributed by atoms with E-state index in [0.717, 1.165) is 19.3 Å². The molecule has 62 heavy (non-hydrogen) atoms. The molecule has 2 aliphatic carbocycles. The first kappa shape index (κ1) is 37.7. The van der Waals surface area contributed by atoms with Crippen LogP contribution in [0.3, 0.4) is 0 Å². The first-order valence-corrected chi connectivity index (χ1v) is 22.2. The van der Waals surface area contributed by atoms with Crippen molar-refractivity contribution in [1.82, 2.24) is 0 Å². The Bertz CT molecular complexity index is 3190. The largest absolute Gasteiger partial charge is 0.0767 e. The summed E-state index contributed by atoms with van der Waals surface area (Å²) in [5, 5.41) is 5.18. The Morgan fingerprint density at radius 1 is 0.468 bits per heavy atom. The molecule has 9 aromatic rings. The molecule has 0 N–H and O–H groups in total. The topological polar surface area (TPSA) is 0 Å². The minimum atomic E-state index is 0.0570. The third-order valence-corrected chi connectivity index (χ3v) is 13.5. The van der Waals surface area contributed by atoms with Crippen LogP contribution < -0.4 is 0 Å². The Hall–Kier alpha value is -7.28. The molecule has 0 nitrogen and oxygen atoms in total. The van der Waals surface area contributed by atoms with E-state index in [1.165, 1.54) is 105 Å². The van der Waals surface area contributed by atoms with Crippen molar-refractivity contribution >= 4 is 32.7 Å². The molecule has 0 heterocycles. The van der Waals surface area contributed by atoms with E-state index in [1.54, 1.807) is 0 Å². The summed E-state index contributed by atoms with van der Waals surface area (Å²) < 4.78 is 0. The lowest BCUT2D eigenvalue weighted by atomic mass is 9.81. The third kappa shape index (κ3) is 7.12. The Kier molecular flexibility index (Phi) is 9.91. The van der Waals surface area contributed by atoms with Crippen LogP contribution in [0.2, 0.25) is 0 Å². The van der Waals surface area contributed by atoms with E-state index in [9.17, 15) is 0 Å². The van der Waals surface area contributed by atoms with Crippen LogP contribution in [-0.2, 0) is 19.3 Å². The number of rotatable bonds is 6. The summed E-state index contributed by atoms with van der Waals surface area (Å²) in [6.07, 6.45) is 12.5. The summed E-state index contributed by atoms with van der Waals surface area (Å²) in [6.45, 7) is 2.28. The first-order chi connectivity index (χ1) is 30.6. The molecule has 0 aliphatic heterocycles. The van der Waals surface area contributed by atoms with Gasteiger partial charge in [-0.3, -0.25) is 0 Å². The molecular weight excluding hydrogens is 745 g/mol. The maximum atomic E-state index is 2.41. The van der Waals surface area contributed by atoms with Crippen molar-refractivity contribution in [2.24, 2.45) is 0 Å². The summed E-state index contributed by atoms with van der Waals surface area (Å²) in [6, 6.07) is 74.7. The van der Waals surface area contributed by atoms with Crippen molar-refractivity contribution in [2.45, 2.75) is 38.0 Å². The number of hydrogen-bond donors (Lipinski definition) is 0. The minimum absolute atomic E-state index is 0.0570. The average molecular weight is 793 g/mol. The molecule has 9 aromatic carbocycles. The lowest BCUT2D eigenvalue weighted by molar-refractivity contribution is 0.839. The van der Waals surface area contributed by atoms with Crippen LogP contribution in [0.5, 0.6) is 0 Å². The van der Waals surface area contributed by atoms with Crippen molar-refractivity contribution in [3.8, 4) is 22.3 Å². The van der Waals surface area contributed by atoms with Gasteiger partial charge in [-0.25, -0.2) is 0 Å². The van der Waals surface area contributed by atoms with Crippen LogP contribution in [0.15, 0.2) is 224 Å². The van der Waals surface area contributed by atoms with Gasteiger partial charge in [0.05, 0.1) is 0 Å². The highest BCUT2D eigenvalue weighted by Crippen LogP contribution is 2.41. The van der Waals surface area contributed by atoms with Gasteiger partial charge in [0, 0.05) is 11.8 Å². The highest BCUT2D eigenvalue weighted by Gasteiger charge is 2.22. The third-order valence-electron chi connectivity index (χ3n) is 13.5. The van der Waals surface area contributed by atoms with Crippen molar-refractivity contribution in [1.29, 1.82) is 0 Å². The standard InChI is InChI=1S/C62H48/c1-42-39-52(19-11-20-53(43-13-3-2-4-14-43)41-61-55(42)38-37-48-17-7-10-23-58(48)61)44-25-32-50(33-26-44)62(59-24-12-18-46-15-5-8-21-56(46)59)51-34-27-45(28-35-51)54-36-31-49-30-29-47-16-6-9-22-57(47)60(49)40-54/h2-28,31-40,53,62H,29-30,41H2,1H3/b20-11+,42-39+,52-19+. The lowest BCUT2D eigenvalue weighted by Crippen LogP contribution is -2.05. The maximum Gasteiger partial charge on any atom is 0.0346 e. The summed E-state index contributed by atoms with van der Waals surface area (Å²) in [5.41, 5.74) is 19.8. The summed E-state index contributed by atoms with van der Waals surface area (Å²) in [7, 11) is 0. The molecule has 0 heteroatoms. The molecule has 0 radical (unpaired) electrons. The van der Waals surface area contributed by atoms with E-state index in [1.807, 2.05) is 0 Å². The van der Waals surface area contributed by atoms with Crippen LogP contribution in [0.1, 0.15) is 68.8 Å². The SMILES string of the molecule is C\C1=C/C(c2ccc(C(c3ccc(-c4ccc5c(c4)-c4ccccc4CC5)cc3)c3cccc4ccccc34)cc2)=C\C=C\C(c2ccccc2)Cc2c1ccc1ccccc21. The average Bonchev–Trinajstić information content (AvgIpc) is 3.34. The Balaban J connectivity index is 0.983. The molecule has 2 unspecified atom stereocenters. The Labute approximate surface area is 365 Å². The van der Waals surface area contributed by atoms with Crippen molar-refractivity contribution in [3.63, 3.8) is 0 Å². The van der Waals surface area contributed by atoms with Gasteiger partial charge in [-0.15, -0.1) is 0 Å². The highest BCUT2D eigenvalue weighted by atomic mass is 14.3. The van der Waals surface area contributed by atoms with Gasteiger partial charge in [0.2, 0.25) is 0 Å². The van der Waals surface area contributed by atoms with Crippen molar-refractivity contribution in [2.75, 3.05) is 0 Å². The zero-order chi connectivity index (χ0) is 41.4. The smallest absolute Gasteiger partial charge is 0.0346 e. The molecule has 0 saturated carbocycles. The van der Waals surface area contributed by atoms with Gasteiger partial charge in [0.25, 0.3) is 0 Å². The van der Waals surface area contributed by atoms with E-state index in [2.05, 4.69) is 231 Å². The van der Waals surface area contributed by atoms with Crippen LogP contribution in [0.25, 0.3) is 54.9 Å². The van der Waals surface area contributed by atoms with Crippen LogP contribution >= 0.6 is 0 Å². The van der Waals surface area contributed by atoms with E-state index in [0.29, 0.717) is 0 Å². The monoisotopic (exact) mass is 792 g/mol. The van der Waals surface area contributed by atoms with Crippen LogP contribution in [0, 0.1) is 0 Å². The van der Waals surface area contributed by atoms with E-state index >= 15 is 0 Å². The van der Waals surface area contributed by atoms with Crippen molar-refractivity contribution < 1.29 is 0 Å². The first-order valence-electron chi connectivity index (χ1n) is 22.2.